The van der Waals surface area contributed by atoms with Crippen LogP contribution in [0.5, 0.6) is 0 Å². The van der Waals surface area contributed by atoms with E-state index in [0.29, 0.717) is 19.6 Å². The molecule has 2 heterocycles. The molecule has 5 nitrogen and oxygen atoms in total. The third kappa shape index (κ3) is 2.85. The zero-order valence-corrected chi connectivity index (χ0v) is 11.3. The van der Waals surface area contributed by atoms with Crippen LogP contribution in [0.15, 0.2) is 11.6 Å². The number of sulfone groups is 1. The molecule has 0 saturated carbocycles. The lowest BCUT2D eigenvalue weighted by Crippen LogP contribution is -2.44. The highest BCUT2D eigenvalue weighted by Gasteiger charge is 2.44. The van der Waals surface area contributed by atoms with E-state index in [0.717, 1.165) is 5.01 Å². The third-order valence-electron chi connectivity index (χ3n) is 2.92. The summed E-state index contributed by atoms with van der Waals surface area (Å²) in [5, 5.41) is 6.03. The van der Waals surface area contributed by atoms with Crippen LogP contribution in [0.4, 0.5) is 0 Å². The van der Waals surface area contributed by atoms with E-state index in [1.54, 1.807) is 13.3 Å². The van der Waals surface area contributed by atoms with Gasteiger partial charge in [0.2, 0.25) is 0 Å². The summed E-state index contributed by atoms with van der Waals surface area (Å²) < 4.78 is 28.3. The highest BCUT2D eigenvalue weighted by molar-refractivity contribution is 7.91. The van der Waals surface area contributed by atoms with Gasteiger partial charge in [0.05, 0.1) is 23.7 Å². The summed E-state index contributed by atoms with van der Waals surface area (Å²) in [5.41, 5.74) is -0.508. The lowest BCUT2D eigenvalue weighted by atomic mass is 10.00. The van der Waals surface area contributed by atoms with Gasteiger partial charge in [-0.1, -0.05) is 0 Å². The molecule has 1 aliphatic rings. The molecule has 0 spiro atoms. The van der Waals surface area contributed by atoms with E-state index >= 15 is 0 Å². The fraction of sp³-hybridized carbons (Fsp3) is 0.700. The number of hydrogen-bond acceptors (Lipinski definition) is 6. The van der Waals surface area contributed by atoms with E-state index in [9.17, 15) is 8.42 Å². The van der Waals surface area contributed by atoms with Crippen molar-refractivity contribution in [2.24, 2.45) is 0 Å². The quantitative estimate of drug-likeness (QED) is 0.788. The fourth-order valence-electron chi connectivity index (χ4n) is 2.09. The number of nitrogens with one attached hydrogen (secondary N) is 1. The van der Waals surface area contributed by atoms with Crippen LogP contribution in [-0.4, -0.2) is 45.2 Å². The Morgan fingerprint density at radius 1 is 1.65 bits per heavy atom. The zero-order chi connectivity index (χ0) is 12.4. The monoisotopic (exact) mass is 276 g/mol. The van der Waals surface area contributed by atoms with E-state index in [-0.39, 0.29) is 11.5 Å². The summed E-state index contributed by atoms with van der Waals surface area (Å²) >= 11 is 1.50. The maximum absolute atomic E-state index is 11.7. The highest BCUT2D eigenvalue weighted by atomic mass is 32.2. The van der Waals surface area contributed by atoms with E-state index in [2.05, 4.69) is 10.3 Å². The Labute approximate surface area is 105 Å². The van der Waals surface area contributed by atoms with Gasteiger partial charge in [0.15, 0.2) is 9.84 Å². The van der Waals surface area contributed by atoms with Crippen molar-refractivity contribution in [2.45, 2.75) is 12.0 Å². The summed E-state index contributed by atoms with van der Waals surface area (Å²) in [6.07, 6.45) is 2.30. The zero-order valence-electron chi connectivity index (χ0n) is 9.68. The van der Waals surface area contributed by atoms with Crippen molar-refractivity contribution in [3.63, 3.8) is 0 Å². The molecule has 1 atom stereocenters. The first-order valence-electron chi connectivity index (χ1n) is 5.42. The van der Waals surface area contributed by atoms with Crippen LogP contribution in [0.2, 0.25) is 0 Å². The second kappa shape index (κ2) is 5.01. The molecule has 1 aromatic rings. The smallest absolute Gasteiger partial charge is 0.152 e. The Kier molecular flexibility index (Phi) is 3.82. The van der Waals surface area contributed by atoms with E-state index < -0.39 is 15.4 Å². The van der Waals surface area contributed by atoms with Gasteiger partial charge in [0, 0.05) is 25.2 Å². The first-order chi connectivity index (χ1) is 8.08. The second-order valence-electron chi connectivity index (χ2n) is 4.18. The molecule has 0 aromatic carbocycles. The van der Waals surface area contributed by atoms with Gasteiger partial charge in [-0.2, -0.15) is 0 Å². The van der Waals surface area contributed by atoms with Crippen LogP contribution in [0.1, 0.15) is 11.4 Å². The summed E-state index contributed by atoms with van der Waals surface area (Å²) in [4.78, 5) is 4.27. The predicted octanol–water partition coefficient (Wildman–Crippen LogP) is 0.393. The Morgan fingerprint density at radius 2 is 2.47 bits per heavy atom. The molecule has 1 aliphatic heterocycles. The van der Waals surface area contributed by atoms with Crippen LogP contribution >= 0.6 is 11.3 Å². The number of aromatic nitrogens is 1. The fourth-order valence-corrected chi connectivity index (χ4v) is 4.96. The standard InChI is InChI=1S/C10H16N2O3S2/c1-15-5-3-12-10(9-11-4-6-16-9)2-7-17(13,14)8-10/h4,6,12H,2-3,5,7-8H2,1H3. The average molecular weight is 276 g/mol. The van der Waals surface area contributed by atoms with Gasteiger partial charge in [-0.15, -0.1) is 11.3 Å². The molecule has 96 valence electrons. The lowest BCUT2D eigenvalue weighted by molar-refractivity contribution is 0.187. The maximum Gasteiger partial charge on any atom is 0.152 e. The summed E-state index contributed by atoms with van der Waals surface area (Å²) in [6, 6.07) is 0. The van der Waals surface area contributed by atoms with Crippen molar-refractivity contribution in [1.29, 1.82) is 0 Å². The first kappa shape index (κ1) is 12.9. The number of rotatable bonds is 5. The van der Waals surface area contributed by atoms with Crippen molar-refractivity contribution in [3.05, 3.63) is 16.6 Å². The lowest BCUT2D eigenvalue weighted by Gasteiger charge is -2.26. The number of hydrogen-bond donors (Lipinski definition) is 1. The van der Waals surface area contributed by atoms with Gasteiger partial charge in [0.1, 0.15) is 5.01 Å². The van der Waals surface area contributed by atoms with Crippen LogP contribution in [0.3, 0.4) is 0 Å². The molecule has 2 rings (SSSR count). The number of nitrogens with zero attached hydrogens (tertiary/aromatic N) is 1. The van der Waals surface area contributed by atoms with Crippen LogP contribution < -0.4 is 5.32 Å². The molecule has 1 N–H and O–H groups in total. The van der Waals surface area contributed by atoms with Gasteiger partial charge in [-0.25, -0.2) is 13.4 Å². The van der Waals surface area contributed by atoms with Gasteiger partial charge in [0.25, 0.3) is 0 Å². The minimum absolute atomic E-state index is 0.136. The van der Waals surface area contributed by atoms with Crippen molar-refractivity contribution in [1.82, 2.24) is 10.3 Å². The molecule has 7 heteroatoms. The van der Waals surface area contributed by atoms with Crippen LogP contribution in [0, 0.1) is 0 Å². The van der Waals surface area contributed by atoms with Crippen molar-refractivity contribution >= 4 is 21.2 Å². The average Bonchev–Trinajstić information content (AvgIpc) is 2.87. The van der Waals surface area contributed by atoms with Gasteiger partial charge in [-0.3, -0.25) is 0 Å². The van der Waals surface area contributed by atoms with Crippen LogP contribution in [-0.2, 0) is 20.1 Å². The molecule has 0 bridgehead atoms. The second-order valence-corrected chi connectivity index (χ2v) is 7.26. The van der Waals surface area contributed by atoms with Gasteiger partial charge in [-0.05, 0) is 6.42 Å². The maximum atomic E-state index is 11.7. The Morgan fingerprint density at radius 3 is 3.00 bits per heavy atom. The summed E-state index contributed by atoms with van der Waals surface area (Å²) in [5.74, 6) is 0.365. The molecule has 0 aliphatic carbocycles. The normalized spacial score (nSPS) is 27.4. The third-order valence-corrected chi connectivity index (χ3v) is 5.65. The molecule has 0 radical (unpaired) electrons. The topological polar surface area (TPSA) is 68.3 Å². The Hall–Kier alpha value is -0.500. The summed E-state index contributed by atoms with van der Waals surface area (Å²) in [7, 11) is -1.33. The highest BCUT2D eigenvalue weighted by Crippen LogP contribution is 2.34. The Balaban J connectivity index is 2.19. The molecular formula is C10H16N2O3S2. The molecule has 1 unspecified atom stereocenters. The van der Waals surface area contributed by atoms with Gasteiger partial charge >= 0.3 is 0 Å². The molecule has 1 saturated heterocycles. The number of methoxy groups -OCH3 is 1. The summed E-state index contributed by atoms with van der Waals surface area (Å²) in [6.45, 7) is 1.19. The van der Waals surface area contributed by atoms with Crippen molar-refractivity contribution in [3.8, 4) is 0 Å². The minimum Gasteiger partial charge on any atom is -0.383 e. The molecule has 1 fully saturated rings. The minimum atomic E-state index is -2.95. The van der Waals surface area contributed by atoms with Gasteiger partial charge < -0.3 is 10.1 Å². The SMILES string of the molecule is COCCNC1(c2nccs2)CCS(=O)(=O)C1. The van der Waals surface area contributed by atoms with Crippen LogP contribution in [0.25, 0.3) is 0 Å². The van der Waals surface area contributed by atoms with E-state index in [1.165, 1.54) is 11.3 Å². The number of thiazole rings is 1. The Bertz CT molecular complexity index is 458. The molecule has 1 aromatic heterocycles. The molecule has 17 heavy (non-hydrogen) atoms. The van der Waals surface area contributed by atoms with Crippen molar-refractivity contribution in [2.75, 3.05) is 31.8 Å². The predicted molar refractivity (Wildman–Crippen MR) is 66.9 cm³/mol. The largest absolute Gasteiger partial charge is 0.383 e. The van der Waals surface area contributed by atoms with E-state index in [1.807, 2.05) is 5.38 Å². The first-order valence-corrected chi connectivity index (χ1v) is 8.12. The molecular weight excluding hydrogens is 260 g/mol. The molecule has 0 amide bonds. The number of ether oxygens (including phenoxy) is 1. The van der Waals surface area contributed by atoms with E-state index in [4.69, 9.17) is 4.74 Å². The van der Waals surface area contributed by atoms with Crippen molar-refractivity contribution < 1.29 is 13.2 Å².